The van der Waals surface area contributed by atoms with Gasteiger partial charge in [-0.15, -0.1) is 0 Å². The van der Waals surface area contributed by atoms with Crippen LogP contribution in [0.4, 0.5) is 25.0 Å². The van der Waals surface area contributed by atoms with Gasteiger partial charge in [-0.2, -0.15) is 0 Å². The second kappa shape index (κ2) is 17.8. The van der Waals surface area contributed by atoms with Crippen LogP contribution in [-0.2, 0) is 16.9 Å². The van der Waals surface area contributed by atoms with Gasteiger partial charge in [0.05, 0.1) is 16.9 Å². The number of ether oxygens (including phenoxy) is 1. The van der Waals surface area contributed by atoms with E-state index in [1.165, 1.54) is 44.4 Å². The Morgan fingerprint density at radius 3 is 2.42 bits per heavy atom. The summed E-state index contributed by atoms with van der Waals surface area (Å²) in [6.07, 6.45) is 3.65. The van der Waals surface area contributed by atoms with E-state index in [2.05, 4.69) is 47.9 Å². The summed E-state index contributed by atoms with van der Waals surface area (Å²) in [5.41, 5.74) is 4.60. The average molecular weight is 843 g/mol. The number of anilines is 2. The number of imide groups is 1. The number of H-pyrrole nitrogens is 1. The van der Waals surface area contributed by atoms with Gasteiger partial charge in [-0.25, -0.2) is 23.5 Å². The van der Waals surface area contributed by atoms with Gasteiger partial charge < -0.3 is 30.4 Å². The van der Waals surface area contributed by atoms with Crippen molar-refractivity contribution in [1.29, 1.82) is 0 Å². The SMILES string of the molecule is Cc1c(NC(=O)c2ccc(C(C)(C)O)cc2F)cc(F)cc1-c1ncnc2[nH]c(-c3ccc(CNCCN4CCC(Oc5ccc(N6CCC(=O)NC6=O)cc5)CC4)cc3)cc12. The van der Waals surface area contributed by atoms with Gasteiger partial charge in [0, 0.05) is 73.7 Å². The van der Waals surface area contributed by atoms with Gasteiger partial charge in [0.2, 0.25) is 5.91 Å². The first-order valence-electron chi connectivity index (χ1n) is 20.7. The number of aromatic nitrogens is 3. The molecule has 6 aromatic rings. The number of hydrogen-bond donors (Lipinski definition) is 5. The summed E-state index contributed by atoms with van der Waals surface area (Å²) in [6, 6.07) is 23.6. The molecule has 2 aliphatic rings. The molecule has 62 heavy (non-hydrogen) atoms. The van der Waals surface area contributed by atoms with E-state index in [1.807, 2.05) is 42.5 Å². The van der Waals surface area contributed by atoms with Gasteiger partial charge in [-0.1, -0.05) is 30.3 Å². The predicted molar refractivity (Wildman–Crippen MR) is 233 cm³/mol. The van der Waals surface area contributed by atoms with Crippen LogP contribution in [0.3, 0.4) is 0 Å². The number of piperidine rings is 1. The van der Waals surface area contributed by atoms with Gasteiger partial charge in [0.1, 0.15) is 35.5 Å². The molecule has 8 rings (SSSR count). The van der Waals surface area contributed by atoms with Gasteiger partial charge in [0.15, 0.2) is 0 Å². The number of fused-ring (bicyclic) bond motifs is 1. The number of aliphatic hydroxyl groups is 1. The lowest BCUT2D eigenvalue weighted by atomic mass is 9.96. The molecule has 15 heteroatoms. The molecule has 13 nitrogen and oxygen atoms in total. The highest BCUT2D eigenvalue weighted by molar-refractivity contribution is 6.06. The quantitative estimate of drug-likeness (QED) is 0.0744. The number of amides is 4. The Labute approximate surface area is 357 Å². The smallest absolute Gasteiger partial charge is 0.328 e. The highest BCUT2D eigenvalue weighted by atomic mass is 19.1. The molecule has 0 bridgehead atoms. The van der Waals surface area contributed by atoms with E-state index in [1.54, 1.807) is 11.8 Å². The Hall–Kier alpha value is -6.55. The van der Waals surface area contributed by atoms with Crippen LogP contribution in [0.2, 0.25) is 0 Å². The fraction of sp³-hybridized carbons (Fsp3) is 0.298. The monoisotopic (exact) mass is 842 g/mol. The first-order chi connectivity index (χ1) is 29.8. The summed E-state index contributed by atoms with van der Waals surface area (Å²) >= 11 is 0. The van der Waals surface area contributed by atoms with E-state index in [4.69, 9.17) is 4.74 Å². The van der Waals surface area contributed by atoms with E-state index in [-0.39, 0.29) is 29.7 Å². The molecule has 4 aromatic carbocycles. The molecule has 5 N–H and O–H groups in total. The van der Waals surface area contributed by atoms with E-state index in [0.29, 0.717) is 46.5 Å². The van der Waals surface area contributed by atoms with Crippen LogP contribution in [0.5, 0.6) is 5.75 Å². The minimum atomic E-state index is -1.29. The molecule has 2 aromatic heterocycles. The van der Waals surface area contributed by atoms with Crippen LogP contribution in [0.1, 0.15) is 60.2 Å². The minimum absolute atomic E-state index is 0.123. The van der Waals surface area contributed by atoms with Gasteiger partial charge in [0.25, 0.3) is 5.91 Å². The maximum atomic E-state index is 15.1. The maximum Gasteiger partial charge on any atom is 0.328 e. The summed E-state index contributed by atoms with van der Waals surface area (Å²) in [4.78, 5) is 53.1. The Morgan fingerprint density at radius 1 is 0.952 bits per heavy atom. The summed E-state index contributed by atoms with van der Waals surface area (Å²) in [5, 5.41) is 19.5. The number of hydrogen-bond acceptors (Lipinski definition) is 9. The zero-order valence-corrected chi connectivity index (χ0v) is 34.7. The number of nitrogens with zero attached hydrogens (tertiary/aromatic N) is 4. The molecule has 0 unspecified atom stereocenters. The topological polar surface area (TPSA) is 165 Å². The molecule has 0 atom stereocenters. The Morgan fingerprint density at radius 2 is 1.71 bits per heavy atom. The Bertz CT molecular complexity index is 2620. The summed E-state index contributed by atoms with van der Waals surface area (Å²) in [5.74, 6) is -1.65. The van der Waals surface area contributed by atoms with Crippen molar-refractivity contribution >= 4 is 40.3 Å². The molecule has 4 amide bonds. The molecule has 0 saturated carbocycles. The lowest BCUT2D eigenvalue weighted by molar-refractivity contribution is -0.120. The van der Waals surface area contributed by atoms with Crippen molar-refractivity contribution < 1.29 is 33.0 Å². The second-order valence-electron chi connectivity index (χ2n) is 16.3. The largest absolute Gasteiger partial charge is 0.490 e. The molecule has 320 valence electrons. The number of benzene rings is 4. The highest BCUT2D eigenvalue weighted by Crippen LogP contribution is 2.35. The fourth-order valence-corrected chi connectivity index (χ4v) is 7.86. The zero-order chi connectivity index (χ0) is 43.5. The molecule has 0 aliphatic carbocycles. The number of carbonyl (C=O) groups excluding carboxylic acids is 3. The number of carbonyl (C=O) groups is 3. The molecule has 2 saturated heterocycles. The number of urea groups is 1. The van der Waals surface area contributed by atoms with Crippen molar-refractivity contribution in [3.05, 3.63) is 125 Å². The van der Waals surface area contributed by atoms with Crippen LogP contribution < -0.4 is 25.6 Å². The zero-order valence-electron chi connectivity index (χ0n) is 34.7. The third-order valence-electron chi connectivity index (χ3n) is 11.5. The third kappa shape index (κ3) is 9.49. The van der Waals surface area contributed by atoms with E-state index >= 15 is 4.39 Å². The van der Waals surface area contributed by atoms with E-state index in [0.717, 1.165) is 73.3 Å². The van der Waals surface area contributed by atoms with Crippen LogP contribution >= 0.6 is 0 Å². The van der Waals surface area contributed by atoms with Crippen LogP contribution in [-0.4, -0.2) is 81.6 Å². The van der Waals surface area contributed by atoms with Gasteiger partial charge in [-0.3, -0.25) is 19.8 Å². The maximum absolute atomic E-state index is 15.1. The second-order valence-corrected chi connectivity index (χ2v) is 16.3. The standard InChI is InChI=1S/C47H48F2N8O5/c1-28-37(23-32(48)24-40(28)54-45(59)36-13-8-31(22-39(36)49)47(2,3)61)43-38-25-41(53-44(38)52-27-51-43)30-6-4-29(5-7-30)26-50-17-21-56-18-14-35(15-19-56)62-34-11-9-33(10-12-34)57-20-16-42(58)55-46(57)60/h4-13,22-25,27,35,50,61H,14-21,26H2,1-3H3,(H,54,59)(H,51,52,53)(H,55,58,60). The van der Waals surface area contributed by atoms with Crippen LogP contribution in [0.15, 0.2) is 91.3 Å². The normalized spacial score (nSPS) is 15.2. The Kier molecular flexibility index (Phi) is 12.1. The highest BCUT2D eigenvalue weighted by Gasteiger charge is 2.26. The van der Waals surface area contributed by atoms with Crippen molar-refractivity contribution in [3.8, 4) is 28.3 Å². The molecule has 0 radical (unpaired) electrons. The van der Waals surface area contributed by atoms with E-state index < -0.39 is 29.2 Å². The lowest BCUT2D eigenvalue weighted by Crippen LogP contribution is -2.49. The Balaban J connectivity index is 0.833. The molecule has 0 spiro atoms. The number of likely N-dealkylation sites (tertiary alicyclic amines) is 1. The van der Waals surface area contributed by atoms with Gasteiger partial charge in [-0.05, 0) is 110 Å². The number of rotatable bonds is 13. The van der Waals surface area contributed by atoms with E-state index in [9.17, 15) is 23.9 Å². The molecular formula is C47H48F2N8O5. The summed E-state index contributed by atoms with van der Waals surface area (Å²) in [6.45, 7) is 9.50. The number of aromatic amines is 1. The molecule has 2 aliphatic heterocycles. The van der Waals surface area contributed by atoms with Crippen molar-refractivity contribution in [2.75, 3.05) is 42.9 Å². The fourth-order valence-electron chi connectivity index (χ4n) is 7.86. The minimum Gasteiger partial charge on any atom is -0.490 e. The van der Waals surface area contributed by atoms with Crippen molar-refractivity contribution in [1.82, 2.24) is 30.5 Å². The lowest BCUT2D eigenvalue weighted by Gasteiger charge is -2.32. The summed E-state index contributed by atoms with van der Waals surface area (Å²) < 4.78 is 36.3. The van der Waals surface area contributed by atoms with Crippen molar-refractivity contribution in [2.24, 2.45) is 0 Å². The molecular weight excluding hydrogens is 795 g/mol. The van der Waals surface area contributed by atoms with Crippen molar-refractivity contribution in [3.63, 3.8) is 0 Å². The molecule has 2 fully saturated rings. The number of nitrogens with one attached hydrogen (secondary N) is 4. The average Bonchev–Trinajstić information content (AvgIpc) is 3.69. The van der Waals surface area contributed by atoms with Gasteiger partial charge >= 0.3 is 6.03 Å². The third-order valence-corrected chi connectivity index (χ3v) is 11.5. The first kappa shape index (κ1) is 42.2. The predicted octanol–water partition coefficient (Wildman–Crippen LogP) is 7.44. The van der Waals surface area contributed by atoms with Crippen LogP contribution in [0.25, 0.3) is 33.5 Å². The van der Waals surface area contributed by atoms with Crippen LogP contribution in [0, 0.1) is 18.6 Å². The molecule has 4 heterocycles. The van der Waals surface area contributed by atoms with Crippen molar-refractivity contribution in [2.45, 2.75) is 58.3 Å². The number of halogens is 2. The summed E-state index contributed by atoms with van der Waals surface area (Å²) in [7, 11) is 0. The first-order valence-corrected chi connectivity index (χ1v) is 20.7.